The number of methoxy groups -OCH3 is 2. The van der Waals surface area contributed by atoms with Gasteiger partial charge in [-0.2, -0.15) is 0 Å². The van der Waals surface area contributed by atoms with Crippen LogP contribution in [0.5, 0.6) is 23.0 Å². The molecule has 2 aliphatic rings. The highest BCUT2D eigenvalue weighted by Crippen LogP contribution is 2.44. The molecule has 0 spiro atoms. The molecule has 0 unspecified atom stereocenters. The summed E-state index contributed by atoms with van der Waals surface area (Å²) in [5, 5.41) is 20.3. The van der Waals surface area contributed by atoms with Crippen molar-refractivity contribution < 1.29 is 19.7 Å². The van der Waals surface area contributed by atoms with Crippen molar-refractivity contribution in [2.24, 2.45) is 0 Å². The molecular weight excluding hydrogens is 318 g/mol. The highest BCUT2D eigenvalue weighted by atomic mass is 16.5. The smallest absolute Gasteiger partial charge is 0.165 e. The maximum absolute atomic E-state index is 10.2. The summed E-state index contributed by atoms with van der Waals surface area (Å²) in [6.45, 7) is 1.67. The zero-order valence-corrected chi connectivity index (χ0v) is 14.6. The molecule has 0 aromatic heterocycles. The topological polar surface area (TPSA) is 62.2 Å². The molecular formula is C20H23NO4. The Morgan fingerprint density at radius 1 is 1.00 bits per heavy atom. The van der Waals surface area contributed by atoms with Crippen molar-refractivity contribution >= 4 is 0 Å². The molecule has 2 aromatic rings. The lowest BCUT2D eigenvalue weighted by atomic mass is 9.89. The van der Waals surface area contributed by atoms with Crippen LogP contribution in [-0.4, -0.2) is 35.9 Å². The van der Waals surface area contributed by atoms with Gasteiger partial charge in [0.25, 0.3) is 0 Å². The van der Waals surface area contributed by atoms with E-state index in [0.29, 0.717) is 11.5 Å². The van der Waals surface area contributed by atoms with E-state index < -0.39 is 0 Å². The Morgan fingerprint density at radius 2 is 1.84 bits per heavy atom. The number of hydrogen-bond donors (Lipinski definition) is 2. The molecule has 0 saturated heterocycles. The third-order valence-corrected chi connectivity index (χ3v) is 5.50. The van der Waals surface area contributed by atoms with Crippen LogP contribution >= 0.6 is 0 Å². The second kappa shape index (κ2) is 6.15. The summed E-state index contributed by atoms with van der Waals surface area (Å²) in [6, 6.07) is 7.78. The fraction of sp³-hybridized carbons (Fsp3) is 0.400. The van der Waals surface area contributed by atoms with E-state index in [1.807, 2.05) is 18.2 Å². The molecule has 2 aromatic carbocycles. The lowest BCUT2D eigenvalue weighted by Gasteiger charge is -2.36. The van der Waals surface area contributed by atoms with Gasteiger partial charge in [-0.3, -0.25) is 4.90 Å². The Hall–Kier alpha value is -2.40. The normalized spacial score (nSPS) is 19.4. The van der Waals surface area contributed by atoms with Crippen LogP contribution in [0.2, 0.25) is 0 Å². The van der Waals surface area contributed by atoms with Crippen molar-refractivity contribution in [1.29, 1.82) is 0 Å². The van der Waals surface area contributed by atoms with Crippen LogP contribution in [0.1, 0.15) is 34.7 Å². The first-order valence-electron chi connectivity index (χ1n) is 8.64. The Balaban J connectivity index is 1.74. The molecule has 2 aliphatic heterocycles. The fourth-order valence-corrected chi connectivity index (χ4v) is 4.25. The molecule has 5 nitrogen and oxygen atoms in total. The number of fused-ring (bicyclic) bond motifs is 4. The van der Waals surface area contributed by atoms with Crippen molar-refractivity contribution in [1.82, 2.24) is 4.90 Å². The Morgan fingerprint density at radius 3 is 2.60 bits per heavy atom. The Labute approximate surface area is 147 Å². The van der Waals surface area contributed by atoms with Crippen LogP contribution in [0.15, 0.2) is 24.3 Å². The third kappa shape index (κ3) is 2.59. The van der Waals surface area contributed by atoms with Gasteiger partial charge in [-0.15, -0.1) is 0 Å². The van der Waals surface area contributed by atoms with Gasteiger partial charge in [0, 0.05) is 24.7 Å². The second-order valence-electron chi connectivity index (χ2n) is 6.75. The van der Waals surface area contributed by atoms with Gasteiger partial charge >= 0.3 is 0 Å². The van der Waals surface area contributed by atoms with Gasteiger partial charge in [-0.25, -0.2) is 0 Å². The van der Waals surface area contributed by atoms with E-state index >= 15 is 0 Å². The molecule has 2 heterocycles. The van der Waals surface area contributed by atoms with E-state index in [2.05, 4.69) is 4.90 Å². The Kier molecular flexibility index (Phi) is 3.96. The summed E-state index contributed by atoms with van der Waals surface area (Å²) in [6.07, 6.45) is 2.80. The highest BCUT2D eigenvalue weighted by Gasteiger charge is 2.32. The minimum Gasteiger partial charge on any atom is -0.504 e. The number of rotatable bonds is 2. The van der Waals surface area contributed by atoms with Gasteiger partial charge in [0.15, 0.2) is 23.0 Å². The zero-order valence-electron chi connectivity index (χ0n) is 14.6. The van der Waals surface area contributed by atoms with Crippen LogP contribution in [-0.2, 0) is 19.4 Å². The maximum atomic E-state index is 10.2. The molecule has 0 radical (unpaired) electrons. The first kappa shape index (κ1) is 16.1. The lowest BCUT2D eigenvalue weighted by molar-refractivity contribution is 0.171. The van der Waals surface area contributed by atoms with Crippen molar-refractivity contribution in [3.63, 3.8) is 0 Å². The van der Waals surface area contributed by atoms with E-state index in [1.165, 1.54) is 16.7 Å². The number of phenolic OH excluding ortho intramolecular Hbond substituents is 2. The maximum Gasteiger partial charge on any atom is 0.165 e. The predicted octanol–water partition coefficient (Wildman–Crippen LogP) is 3.16. The van der Waals surface area contributed by atoms with Gasteiger partial charge in [0.1, 0.15) is 0 Å². The molecule has 0 fully saturated rings. The first-order valence-corrected chi connectivity index (χ1v) is 8.64. The largest absolute Gasteiger partial charge is 0.504 e. The number of benzene rings is 2. The van der Waals surface area contributed by atoms with Gasteiger partial charge in [-0.05, 0) is 54.2 Å². The quantitative estimate of drug-likeness (QED) is 0.879. The van der Waals surface area contributed by atoms with Gasteiger partial charge in [-0.1, -0.05) is 6.07 Å². The van der Waals surface area contributed by atoms with E-state index in [0.717, 1.165) is 37.9 Å². The van der Waals surface area contributed by atoms with Crippen LogP contribution < -0.4 is 9.47 Å². The number of phenols is 2. The predicted molar refractivity (Wildman–Crippen MR) is 94.5 cm³/mol. The summed E-state index contributed by atoms with van der Waals surface area (Å²) in [5.74, 6) is 1.51. The minimum atomic E-state index is 0.194. The number of hydrogen-bond acceptors (Lipinski definition) is 5. The molecule has 0 bridgehead atoms. The molecule has 0 saturated carbocycles. The number of aryl methyl sites for hydroxylation is 1. The summed E-state index contributed by atoms with van der Waals surface area (Å²) in [5.41, 5.74) is 4.73. The number of ether oxygens (including phenoxy) is 2. The van der Waals surface area contributed by atoms with Crippen LogP contribution in [0.3, 0.4) is 0 Å². The third-order valence-electron chi connectivity index (χ3n) is 5.50. The van der Waals surface area contributed by atoms with Crippen LogP contribution in [0.4, 0.5) is 0 Å². The fourth-order valence-electron chi connectivity index (χ4n) is 4.25. The minimum absolute atomic E-state index is 0.194. The number of aromatic hydroxyl groups is 2. The molecule has 2 N–H and O–H groups in total. The lowest BCUT2D eigenvalue weighted by Crippen LogP contribution is -2.34. The van der Waals surface area contributed by atoms with Gasteiger partial charge in [0.2, 0.25) is 0 Å². The van der Waals surface area contributed by atoms with Crippen LogP contribution in [0, 0.1) is 0 Å². The van der Waals surface area contributed by atoms with E-state index in [1.54, 1.807) is 20.3 Å². The first-order chi connectivity index (χ1) is 12.1. The van der Waals surface area contributed by atoms with Crippen molar-refractivity contribution in [3.8, 4) is 23.0 Å². The monoisotopic (exact) mass is 341 g/mol. The SMILES string of the molecule is COc1cc2c(cc1O)[C@@H]1CCc3ccc(O)c(OC)c3CN1CC2. The second-order valence-corrected chi connectivity index (χ2v) is 6.75. The van der Waals surface area contributed by atoms with Crippen molar-refractivity contribution in [2.45, 2.75) is 31.8 Å². The van der Waals surface area contributed by atoms with E-state index in [-0.39, 0.29) is 17.5 Å². The average Bonchev–Trinajstić information content (AvgIpc) is 2.80. The van der Waals surface area contributed by atoms with Crippen molar-refractivity contribution in [3.05, 3.63) is 46.5 Å². The van der Waals surface area contributed by atoms with Gasteiger partial charge in [0.05, 0.1) is 14.2 Å². The average molecular weight is 341 g/mol. The standard InChI is InChI=1S/C20H23NO4/c1-24-19-9-13-7-8-21-11-15-12(4-6-17(22)20(15)25-2)3-5-16(21)14(13)10-18(19)23/h4,6,9-10,16,22-23H,3,5,7-8,11H2,1-2H3/t16-/m0/s1. The summed E-state index contributed by atoms with van der Waals surface area (Å²) >= 11 is 0. The molecule has 25 heavy (non-hydrogen) atoms. The summed E-state index contributed by atoms with van der Waals surface area (Å²) < 4.78 is 10.7. The molecule has 0 amide bonds. The van der Waals surface area contributed by atoms with E-state index in [4.69, 9.17) is 9.47 Å². The zero-order chi connectivity index (χ0) is 17.6. The highest BCUT2D eigenvalue weighted by molar-refractivity contribution is 5.52. The molecule has 1 atom stereocenters. The molecule has 5 heteroatoms. The molecule has 132 valence electrons. The molecule has 0 aliphatic carbocycles. The van der Waals surface area contributed by atoms with Crippen molar-refractivity contribution in [2.75, 3.05) is 20.8 Å². The Bertz CT molecular complexity index is 818. The number of nitrogens with zero attached hydrogens (tertiary/aromatic N) is 1. The van der Waals surface area contributed by atoms with Gasteiger partial charge < -0.3 is 19.7 Å². The summed E-state index contributed by atoms with van der Waals surface area (Å²) in [4.78, 5) is 2.42. The molecule has 4 rings (SSSR count). The van der Waals surface area contributed by atoms with E-state index in [9.17, 15) is 10.2 Å². The summed E-state index contributed by atoms with van der Waals surface area (Å²) in [7, 11) is 3.19. The van der Waals surface area contributed by atoms with Crippen LogP contribution in [0.25, 0.3) is 0 Å².